The van der Waals surface area contributed by atoms with Crippen LogP contribution in [-0.2, 0) is 17.6 Å². The van der Waals surface area contributed by atoms with Crippen molar-refractivity contribution in [3.8, 4) is 5.75 Å². The van der Waals surface area contributed by atoms with Gasteiger partial charge >= 0.3 is 0 Å². The Balaban J connectivity index is 0.00000192. The fourth-order valence-corrected chi connectivity index (χ4v) is 3.65. The van der Waals surface area contributed by atoms with Crippen LogP contribution in [0.2, 0.25) is 0 Å². The lowest BCUT2D eigenvalue weighted by Crippen LogP contribution is -2.20. The molecular formula is C17H21ClN2O2S. The van der Waals surface area contributed by atoms with Crippen LogP contribution in [-0.4, -0.2) is 17.5 Å². The molecule has 0 bridgehead atoms. The molecule has 0 spiro atoms. The molecule has 0 unspecified atom stereocenters. The van der Waals surface area contributed by atoms with Gasteiger partial charge in [-0.3, -0.25) is 10.1 Å². The second-order valence-corrected chi connectivity index (χ2v) is 6.71. The van der Waals surface area contributed by atoms with Crippen LogP contribution >= 0.6 is 23.7 Å². The summed E-state index contributed by atoms with van der Waals surface area (Å²) in [4.78, 5) is 17.9. The van der Waals surface area contributed by atoms with Crippen molar-refractivity contribution in [3.05, 3.63) is 39.9 Å². The SMILES string of the molecule is Cc1cccc(OCC(=O)Nc2nc3c(s2)CCCC3)c1C.Cl. The fraction of sp³-hybridized carbons (Fsp3) is 0.412. The van der Waals surface area contributed by atoms with Crippen molar-refractivity contribution in [2.24, 2.45) is 0 Å². The lowest BCUT2D eigenvalue weighted by molar-refractivity contribution is -0.118. The number of halogens is 1. The molecule has 0 fully saturated rings. The molecule has 124 valence electrons. The molecule has 1 aliphatic carbocycles. The number of fused-ring (bicyclic) bond motifs is 1. The number of hydrogen-bond donors (Lipinski definition) is 1. The van der Waals surface area contributed by atoms with Gasteiger partial charge in [-0.15, -0.1) is 23.7 Å². The number of amides is 1. The standard InChI is InChI=1S/C17H20N2O2S.ClH/c1-11-6-5-8-14(12(11)2)21-10-16(20)19-17-18-13-7-3-4-9-15(13)22-17;/h5-6,8H,3-4,7,9-10H2,1-2H3,(H,18,19,20);1H. The summed E-state index contributed by atoms with van der Waals surface area (Å²) in [6.45, 7) is 4.04. The highest BCUT2D eigenvalue weighted by molar-refractivity contribution is 7.15. The molecular weight excluding hydrogens is 332 g/mol. The number of thiazole rings is 1. The van der Waals surface area contributed by atoms with Crippen molar-refractivity contribution in [2.45, 2.75) is 39.5 Å². The molecule has 2 aromatic rings. The number of anilines is 1. The van der Waals surface area contributed by atoms with Gasteiger partial charge in [0.15, 0.2) is 11.7 Å². The monoisotopic (exact) mass is 352 g/mol. The van der Waals surface area contributed by atoms with E-state index in [1.807, 2.05) is 32.0 Å². The molecule has 0 saturated heterocycles. The number of aromatic nitrogens is 1. The van der Waals surface area contributed by atoms with E-state index in [0.717, 1.165) is 35.4 Å². The summed E-state index contributed by atoms with van der Waals surface area (Å²) < 4.78 is 5.62. The third-order valence-corrected chi connectivity index (χ3v) is 5.08. The summed E-state index contributed by atoms with van der Waals surface area (Å²) in [5.41, 5.74) is 3.38. The summed E-state index contributed by atoms with van der Waals surface area (Å²) in [6.07, 6.45) is 4.53. The van der Waals surface area contributed by atoms with E-state index in [1.165, 1.54) is 17.7 Å². The van der Waals surface area contributed by atoms with Crippen LogP contribution in [0, 0.1) is 13.8 Å². The highest BCUT2D eigenvalue weighted by atomic mass is 35.5. The summed E-state index contributed by atoms with van der Waals surface area (Å²) in [5, 5.41) is 3.54. The number of nitrogens with one attached hydrogen (secondary N) is 1. The minimum absolute atomic E-state index is 0. The number of carbonyl (C=O) groups is 1. The summed E-state index contributed by atoms with van der Waals surface area (Å²) >= 11 is 1.59. The van der Waals surface area contributed by atoms with Gasteiger partial charge in [-0.25, -0.2) is 4.98 Å². The Kier molecular flexibility index (Phi) is 6.02. The van der Waals surface area contributed by atoms with E-state index >= 15 is 0 Å². The molecule has 0 saturated carbocycles. The van der Waals surface area contributed by atoms with Gasteiger partial charge in [0.05, 0.1) is 5.69 Å². The smallest absolute Gasteiger partial charge is 0.264 e. The normalized spacial score (nSPS) is 13.0. The number of benzene rings is 1. The van der Waals surface area contributed by atoms with Gasteiger partial charge < -0.3 is 4.74 Å². The van der Waals surface area contributed by atoms with E-state index < -0.39 is 0 Å². The third kappa shape index (κ3) is 4.24. The largest absolute Gasteiger partial charge is 0.483 e. The first-order valence-corrected chi connectivity index (χ1v) is 8.42. The second kappa shape index (κ2) is 7.79. The van der Waals surface area contributed by atoms with E-state index in [2.05, 4.69) is 10.3 Å². The molecule has 3 rings (SSSR count). The number of ether oxygens (including phenoxy) is 1. The van der Waals surface area contributed by atoms with E-state index in [4.69, 9.17) is 4.74 Å². The lowest BCUT2D eigenvalue weighted by Gasteiger charge is -2.10. The van der Waals surface area contributed by atoms with E-state index in [0.29, 0.717) is 5.13 Å². The van der Waals surface area contributed by atoms with Gasteiger partial charge in [-0.05, 0) is 56.7 Å². The van der Waals surface area contributed by atoms with Gasteiger partial charge in [0.1, 0.15) is 5.75 Å². The summed E-state index contributed by atoms with van der Waals surface area (Å²) in [6, 6.07) is 5.85. The molecule has 1 aromatic heterocycles. The highest BCUT2D eigenvalue weighted by Crippen LogP contribution is 2.29. The molecule has 1 aromatic carbocycles. The van der Waals surface area contributed by atoms with Crippen molar-refractivity contribution in [3.63, 3.8) is 0 Å². The quantitative estimate of drug-likeness (QED) is 0.902. The van der Waals surface area contributed by atoms with Crippen LogP contribution in [0.1, 0.15) is 34.5 Å². The Hall–Kier alpha value is -1.59. The molecule has 4 nitrogen and oxygen atoms in total. The Bertz CT molecular complexity index is 676. The maximum atomic E-state index is 12.0. The Morgan fingerprint density at radius 2 is 2.09 bits per heavy atom. The van der Waals surface area contributed by atoms with Crippen LogP contribution in [0.5, 0.6) is 5.75 Å². The number of rotatable bonds is 4. The first kappa shape index (κ1) is 17.8. The minimum atomic E-state index is -0.160. The lowest BCUT2D eigenvalue weighted by atomic mass is 10.0. The average molecular weight is 353 g/mol. The van der Waals surface area contributed by atoms with Crippen LogP contribution in [0.15, 0.2) is 18.2 Å². The zero-order valence-electron chi connectivity index (χ0n) is 13.3. The topological polar surface area (TPSA) is 51.2 Å². The molecule has 23 heavy (non-hydrogen) atoms. The minimum Gasteiger partial charge on any atom is -0.483 e. The number of nitrogens with zero attached hydrogens (tertiary/aromatic N) is 1. The van der Waals surface area contributed by atoms with Crippen LogP contribution in [0.25, 0.3) is 0 Å². The van der Waals surface area contributed by atoms with Crippen molar-refractivity contribution in [1.29, 1.82) is 0 Å². The van der Waals surface area contributed by atoms with Gasteiger partial charge in [0, 0.05) is 4.88 Å². The second-order valence-electron chi connectivity index (χ2n) is 5.63. The van der Waals surface area contributed by atoms with Gasteiger partial charge in [-0.2, -0.15) is 0 Å². The fourth-order valence-electron chi connectivity index (χ4n) is 2.58. The van der Waals surface area contributed by atoms with Crippen LogP contribution in [0.3, 0.4) is 0 Å². The van der Waals surface area contributed by atoms with Crippen LogP contribution in [0.4, 0.5) is 5.13 Å². The maximum Gasteiger partial charge on any atom is 0.264 e. The van der Waals surface area contributed by atoms with Crippen molar-refractivity contribution >= 4 is 34.8 Å². The van der Waals surface area contributed by atoms with E-state index in [9.17, 15) is 4.79 Å². The van der Waals surface area contributed by atoms with Gasteiger partial charge in [-0.1, -0.05) is 12.1 Å². The molecule has 1 N–H and O–H groups in total. The summed E-state index contributed by atoms with van der Waals surface area (Å²) in [5.74, 6) is 0.598. The Labute approximate surface area is 146 Å². The first-order valence-electron chi connectivity index (χ1n) is 7.61. The predicted molar refractivity (Wildman–Crippen MR) is 96.0 cm³/mol. The molecule has 0 aliphatic heterocycles. The summed E-state index contributed by atoms with van der Waals surface area (Å²) in [7, 11) is 0. The predicted octanol–water partition coefficient (Wildman–Crippen LogP) is 4.08. The maximum absolute atomic E-state index is 12.0. The molecule has 1 amide bonds. The van der Waals surface area contributed by atoms with Gasteiger partial charge in [0.2, 0.25) is 0 Å². The molecule has 1 aliphatic rings. The van der Waals surface area contributed by atoms with Crippen molar-refractivity contribution in [2.75, 3.05) is 11.9 Å². The third-order valence-electron chi connectivity index (χ3n) is 4.01. The first-order chi connectivity index (χ1) is 10.6. The number of hydrogen-bond acceptors (Lipinski definition) is 4. The van der Waals surface area contributed by atoms with E-state index in [-0.39, 0.29) is 24.9 Å². The van der Waals surface area contributed by atoms with Crippen molar-refractivity contribution in [1.82, 2.24) is 4.98 Å². The highest BCUT2D eigenvalue weighted by Gasteiger charge is 2.16. The number of carbonyl (C=O) groups excluding carboxylic acids is 1. The zero-order chi connectivity index (χ0) is 15.5. The Morgan fingerprint density at radius 3 is 2.87 bits per heavy atom. The zero-order valence-corrected chi connectivity index (χ0v) is 15.0. The molecule has 6 heteroatoms. The molecule has 0 radical (unpaired) electrons. The Morgan fingerprint density at radius 1 is 1.30 bits per heavy atom. The van der Waals surface area contributed by atoms with Gasteiger partial charge in [0.25, 0.3) is 5.91 Å². The van der Waals surface area contributed by atoms with E-state index in [1.54, 1.807) is 11.3 Å². The molecule has 1 heterocycles. The van der Waals surface area contributed by atoms with Crippen molar-refractivity contribution < 1.29 is 9.53 Å². The average Bonchev–Trinajstić information content (AvgIpc) is 2.91. The van der Waals surface area contributed by atoms with Crippen LogP contribution < -0.4 is 10.1 Å². The molecule has 0 atom stereocenters. The number of aryl methyl sites for hydroxylation is 3.